The minimum Gasteiger partial charge on any atom is -0.464 e. The van der Waals surface area contributed by atoms with E-state index in [2.05, 4.69) is 59.2 Å². The van der Waals surface area contributed by atoms with E-state index >= 15 is 0 Å². The highest BCUT2D eigenvalue weighted by Crippen LogP contribution is 2.49. The molecule has 8 heteroatoms. The molecule has 3 aliphatic rings. The van der Waals surface area contributed by atoms with Crippen LogP contribution in [0.5, 0.6) is 0 Å². The van der Waals surface area contributed by atoms with Gasteiger partial charge in [0.25, 0.3) is 0 Å². The second-order valence-electron chi connectivity index (χ2n) is 11.8. The average Bonchev–Trinajstić information content (AvgIpc) is 3.16. The number of aromatic nitrogens is 1. The second kappa shape index (κ2) is 11.1. The molecular formula is C31H40N4O4. The van der Waals surface area contributed by atoms with Crippen LogP contribution in [0.1, 0.15) is 66.7 Å². The molecule has 2 aromatic rings. The summed E-state index contributed by atoms with van der Waals surface area (Å²) < 4.78 is 4.75. The molecule has 1 aromatic carbocycles. The van der Waals surface area contributed by atoms with Gasteiger partial charge < -0.3 is 14.5 Å². The predicted molar refractivity (Wildman–Crippen MR) is 148 cm³/mol. The number of ether oxygens (including phenoxy) is 1. The summed E-state index contributed by atoms with van der Waals surface area (Å²) in [5, 5.41) is 0. The number of amides is 2. The fourth-order valence-electron chi connectivity index (χ4n) is 6.78. The van der Waals surface area contributed by atoms with Gasteiger partial charge in [-0.15, -0.1) is 0 Å². The number of ketones is 1. The largest absolute Gasteiger partial charge is 0.464 e. The lowest BCUT2D eigenvalue weighted by atomic mass is 9.68. The Bertz CT molecular complexity index is 1200. The van der Waals surface area contributed by atoms with E-state index in [0.29, 0.717) is 18.2 Å². The molecule has 0 unspecified atom stereocenters. The molecule has 39 heavy (non-hydrogen) atoms. The molecule has 8 nitrogen and oxygen atoms in total. The summed E-state index contributed by atoms with van der Waals surface area (Å²) in [7, 11) is 5.62. The van der Waals surface area contributed by atoms with Crippen molar-refractivity contribution in [3.8, 4) is 0 Å². The molecule has 0 bridgehead atoms. The Morgan fingerprint density at radius 3 is 2.36 bits per heavy atom. The van der Waals surface area contributed by atoms with Crippen molar-refractivity contribution in [2.24, 2.45) is 5.92 Å². The lowest BCUT2D eigenvalue weighted by Crippen LogP contribution is -2.56. The molecule has 5 rings (SSSR count). The number of carbonyl (C=O) groups is 3. The zero-order valence-corrected chi connectivity index (χ0v) is 23.4. The lowest BCUT2D eigenvalue weighted by molar-refractivity contribution is -0.119. The van der Waals surface area contributed by atoms with Crippen molar-refractivity contribution >= 4 is 17.8 Å². The summed E-state index contributed by atoms with van der Waals surface area (Å²) in [6.45, 7) is 1.42. The van der Waals surface area contributed by atoms with Crippen LogP contribution >= 0.6 is 0 Å². The van der Waals surface area contributed by atoms with Crippen molar-refractivity contribution in [3.63, 3.8) is 0 Å². The van der Waals surface area contributed by atoms with Gasteiger partial charge in [-0.05, 0) is 76.2 Å². The molecule has 1 spiro atoms. The van der Waals surface area contributed by atoms with Crippen LogP contribution in [0, 0.1) is 5.92 Å². The number of esters is 1. The number of benzene rings is 1. The van der Waals surface area contributed by atoms with Gasteiger partial charge >= 0.3 is 12.0 Å². The quantitative estimate of drug-likeness (QED) is 0.448. The van der Waals surface area contributed by atoms with Gasteiger partial charge in [-0.1, -0.05) is 42.8 Å². The summed E-state index contributed by atoms with van der Waals surface area (Å²) in [6, 6.07) is 15.7. The van der Waals surface area contributed by atoms with Gasteiger partial charge in [0.2, 0.25) is 0 Å². The van der Waals surface area contributed by atoms with Gasteiger partial charge in [-0.2, -0.15) is 0 Å². The highest BCUT2D eigenvalue weighted by atomic mass is 16.5. The monoisotopic (exact) mass is 532 g/mol. The molecule has 1 aliphatic heterocycles. The van der Waals surface area contributed by atoms with Crippen LogP contribution in [0.2, 0.25) is 0 Å². The van der Waals surface area contributed by atoms with Crippen molar-refractivity contribution in [1.82, 2.24) is 19.7 Å². The predicted octanol–water partition coefficient (Wildman–Crippen LogP) is 4.29. The van der Waals surface area contributed by atoms with Gasteiger partial charge in [-0.25, -0.2) is 14.6 Å². The van der Waals surface area contributed by atoms with Crippen LogP contribution in [0.4, 0.5) is 4.79 Å². The molecular weight excluding hydrogens is 492 g/mol. The van der Waals surface area contributed by atoms with Gasteiger partial charge in [-0.3, -0.25) is 9.69 Å². The molecule has 1 aromatic heterocycles. The zero-order chi connectivity index (χ0) is 27.6. The first-order chi connectivity index (χ1) is 18.8. The highest BCUT2D eigenvalue weighted by Gasteiger charge is 2.55. The topological polar surface area (TPSA) is 83.1 Å². The first-order valence-corrected chi connectivity index (χ1v) is 14.1. The molecule has 0 atom stereocenters. The van der Waals surface area contributed by atoms with E-state index in [1.165, 1.54) is 31.9 Å². The van der Waals surface area contributed by atoms with Crippen LogP contribution in [-0.2, 0) is 21.5 Å². The van der Waals surface area contributed by atoms with Gasteiger partial charge in [0.15, 0.2) is 5.78 Å². The fourth-order valence-corrected chi connectivity index (χ4v) is 6.78. The Balaban J connectivity index is 1.32. The van der Waals surface area contributed by atoms with E-state index in [9.17, 15) is 14.4 Å². The molecule has 2 amide bonds. The first kappa shape index (κ1) is 27.3. The third kappa shape index (κ3) is 5.31. The number of urea groups is 1. The van der Waals surface area contributed by atoms with E-state index in [4.69, 9.17) is 4.74 Å². The van der Waals surface area contributed by atoms with Crippen LogP contribution in [0.3, 0.4) is 0 Å². The van der Waals surface area contributed by atoms with E-state index < -0.39 is 5.97 Å². The van der Waals surface area contributed by atoms with E-state index in [1.54, 1.807) is 23.1 Å². The number of carbonyl (C=O) groups excluding carboxylic acids is 3. The van der Waals surface area contributed by atoms with Crippen LogP contribution in [0.25, 0.3) is 0 Å². The number of nitrogens with zero attached hydrogens (tertiary/aromatic N) is 4. The van der Waals surface area contributed by atoms with Crippen molar-refractivity contribution in [2.75, 3.05) is 40.8 Å². The Hall–Kier alpha value is -3.26. The molecule has 0 radical (unpaired) electrons. The molecule has 2 heterocycles. The maximum absolute atomic E-state index is 13.8. The number of hydrogen-bond acceptors (Lipinski definition) is 6. The standard InChI is InChI=1S/C31H40N4O4/c1-33(2)31(24-11-5-4-6-12-24)17-15-30(16-18-31)22-34(29(38)35(30)20-23-9-7-10-23)21-26(36)19-25-13-8-14-27(32-25)28(37)39-3/h4-6,8,11-14,23H,7,9-10,15-22H2,1-3H3. The first-order valence-electron chi connectivity index (χ1n) is 14.1. The maximum Gasteiger partial charge on any atom is 0.356 e. The van der Waals surface area contributed by atoms with Crippen LogP contribution in [-0.4, -0.2) is 83.8 Å². The third-order valence-electron chi connectivity index (χ3n) is 9.35. The van der Waals surface area contributed by atoms with Crippen molar-refractivity contribution in [3.05, 3.63) is 65.5 Å². The zero-order valence-electron chi connectivity index (χ0n) is 23.4. The van der Waals surface area contributed by atoms with E-state index in [1.807, 2.05) is 0 Å². The molecule has 0 N–H and O–H groups in total. The molecule has 208 valence electrons. The summed E-state index contributed by atoms with van der Waals surface area (Å²) in [4.78, 5) is 49.3. The van der Waals surface area contributed by atoms with Crippen LogP contribution < -0.4 is 0 Å². The SMILES string of the molecule is COC(=O)c1cccc(CC(=O)CN2CC3(CCC(c4ccccc4)(N(C)C)CC3)N(CC3CCC3)C2=O)n1. The lowest BCUT2D eigenvalue weighted by Gasteiger charge is -2.51. The Morgan fingerprint density at radius 1 is 1.03 bits per heavy atom. The number of rotatable bonds is 9. The third-order valence-corrected chi connectivity index (χ3v) is 9.35. The molecule has 3 fully saturated rings. The number of methoxy groups -OCH3 is 1. The average molecular weight is 533 g/mol. The minimum absolute atomic E-state index is 0.0106. The molecule has 2 saturated carbocycles. The number of pyridine rings is 1. The van der Waals surface area contributed by atoms with Crippen molar-refractivity contribution in [2.45, 2.75) is 62.4 Å². The Morgan fingerprint density at radius 2 is 1.74 bits per heavy atom. The fraction of sp³-hybridized carbons (Fsp3) is 0.548. The normalized spacial score (nSPS) is 25.3. The highest BCUT2D eigenvalue weighted by molar-refractivity contribution is 5.89. The van der Waals surface area contributed by atoms with Gasteiger partial charge in [0, 0.05) is 24.3 Å². The Labute approximate surface area is 231 Å². The number of Topliss-reactive ketones (excluding diaryl/α,β-unsaturated/α-hetero) is 1. The summed E-state index contributed by atoms with van der Waals surface area (Å²) in [6.07, 6.45) is 7.39. The Kier molecular flexibility index (Phi) is 7.76. The van der Waals surface area contributed by atoms with E-state index in [0.717, 1.165) is 32.2 Å². The molecule has 2 aliphatic carbocycles. The summed E-state index contributed by atoms with van der Waals surface area (Å²) in [5.41, 5.74) is 1.71. The molecule has 1 saturated heterocycles. The van der Waals surface area contributed by atoms with Crippen LogP contribution in [0.15, 0.2) is 48.5 Å². The maximum atomic E-state index is 13.8. The van der Waals surface area contributed by atoms with Crippen molar-refractivity contribution in [1.29, 1.82) is 0 Å². The smallest absolute Gasteiger partial charge is 0.356 e. The number of hydrogen-bond donors (Lipinski definition) is 0. The second-order valence-corrected chi connectivity index (χ2v) is 11.8. The minimum atomic E-state index is -0.533. The van der Waals surface area contributed by atoms with Gasteiger partial charge in [0.05, 0.1) is 25.6 Å². The van der Waals surface area contributed by atoms with Crippen molar-refractivity contribution < 1.29 is 19.1 Å². The summed E-state index contributed by atoms with van der Waals surface area (Å²) in [5.74, 6) is -0.0585. The van der Waals surface area contributed by atoms with E-state index in [-0.39, 0.29) is 41.6 Å². The summed E-state index contributed by atoms with van der Waals surface area (Å²) >= 11 is 0. The van der Waals surface area contributed by atoms with Gasteiger partial charge in [0.1, 0.15) is 5.69 Å².